The van der Waals surface area contributed by atoms with E-state index in [1.165, 1.54) is 0 Å². The second kappa shape index (κ2) is 15.5. The molecule has 2 aliphatic rings. The number of morpholine rings is 1. The van der Waals surface area contributed by atoms with Crippen LogP contribution in [-0.2, 0) is 9.53 Å². The van der Waals surface area contributed by atoms with Crippen LogP contribution in [0.1, 0.15) is 32.6 Å². The molecule has 5 rings (SSSR count). The predicted octanol–water partition coefficient (Wildman–Crippen LogP) is 4.80. The van der Waals surface area contributed by atoms with Crippen LogP contribution in [0.3, 0.4) is 0 Å². The predicted molar refractivity (Wildman–Crippen MR) is 169 cm³/mol. The Morgan fingerprint density at radius 2 is 1.31 bits per heavy atom. The molecule has 3 aromatic rings. The van der Waals surface area contributed by atoms with Crippen molar-refractivity contribution in [3.8, 4) is 5.75 Å². The molecule has 7 nitrogen and oxygen atoms in total. The Bertz CT molecular complexity index is 1330. The number of aryl methyl sites for hydroxylation is 2. The first-order chi connectivity index (χ1) is 19.4. The highest BCUT2D eigenvalue weighted by Gasteiger charge is 2.29. The summed E-state index contributed by atoms with van der Waals surface area (Å²) in [5, 5.41) is 0. The molecule has 3 aromatic carbocycles. The molecule has 0 aliphatic carbocycles. The monoisotopic (exact) mass is 590 g/mol. The van der Waals surface area contributed by atoms with Crippen molar-refractivity contribution in [1.82, 2.24) is 9.80 Å². The number of piperidine rings is 1. The Kier molecular flexibility index (Phi) is 12.1. The van der Waals surface area contributed by atoms with Gasteiger partial charge in [0.05, 0.1) is 26.3 Å². The third kappa shape index (κ3) is 8.63. The fourth-order valence-corrected chi connectivity index (χ4v) is 4.90. The summed E-state index contributed by atoms with van der Waals surface area (Å²) < 4.78 is 11.3. The molecule has 0 bridgehead atoms. The summed E-state index contributed by atoms with van der Waals surface area (Å²) in [6.45, 7) is 9.40. The lowest BCUT2D eigenvalue weighted by Gasteiger charge is -2.30. The highest BCUT2D eigenvalue weighted by Crippen LogP contribution is 2.25. The lowest BCUT2D eigenvalue weighted by Crippen LogP contribution is -2.41. The van der Waals surface area contributed by atoms with Gasteiger partial charge in [-0.25, -0.2) is 0 Å². The van der Waals surface area contributed by atoms with Crippen LogP contribution in [0.2, 0.25) is 0 Å². The number of amides is 1. The maximum absolute atomic E-state index is 13.6. The molecule has 0 unspecified atom stereocenters. The van der Waals surface area contributed by atoms with E-state index in [9.17, 15) is 9.59 Å². The van der Waals surface area contributed by atoms with E-state index in [2.05, 4.69) is 4.90 Å². The highest BCUT2D eigenvalue weighted by atomic mass is 35.5. The number of Topliss-reactive ketones (excluding diaryl/α,β-unsaturated/α-hetero) is 1. The van der Waals surface area contributed by atoms with Crippen molar-refractivity contribution in [1.29, 1.82) is 0 Å². The first kappa shape index (κ1) is 32.8. The average Bonchev–Trinajstić information content (AvgIpc) is 2.98. The molecular formula is C34H39ClN2O5. The summed E-state index contributed by atoms with van der Waals surface area (Å²) in [6.07, 6.45) is 3.80. The minimum Gasteiger partial charge on any atom is -0.492 e. The van der Waals surface area contributed by atoms with Gasteiger partial charge in [0.2, 0.25) is 0 Å². The van der Waals surface area contributed by atoms with Gasteiger partial charge in [0.1, 0.15) is 12.4 Å². The molecule has 0 radical (unpaired) electrons. The van der Waals surface area contributed by atoms with Gasteiger partial charge in [-0.15, -0.1) is 12.4 Å². The first-order valence-electron chi connectivity index (χ1n) is 13.9. The summed E-state index contributed by atoms with van der Waals surface area (Å²) >= 11 is 0. The van der Waals surface area contributed by atoms with Gasteiger partial charge in [0.25, 0.3) is 5.91 Å². The second-order valence-corrected chi connectivity index (χ2v) is 10.5. The topological polar surface area (TPSA) is 90.6 Å². The van der Waals surface area contributed by atoms with Crippen LogP contribution in [0.25, 0.3) is 12.2 Å². The van der Waals surface area contributed by atoms with Gasteiger partial charge in [-0.3, -0.25) is 14.5 Å². The highest BCUT2D eigenvalue weighted by molar-refractivity contribution is 6.15. The van der Waals surface area contributed by atoms with E-state index in [1.807, 2.05) is 86.7 Å². The number of carbonyl (C=O) groups is 2. The molecule has 0 aromatic heterocycles. The average molecular weight is 591 g/mol. The zero-order valence-corrected chi connectivity index (χ0v) is 25.0. The fraction of sp³-hybridized carbons (Fsp3) is 0.294. The van der Waals surface area contributed by atoms with Gasteiger partial charge in [-0.1, -0.05) is 59.7 Å². The number of benzene rings is 3. The number of likely N-dealkylation sites (tertiary alicyclic amines) is 1. The number of rotatable bonds is 7. The molecule has 2 fully saturated rings. The van der Waals surface area contributed by atoms with Gasteiger partial charge >= 0.3 is 0 Å². The number of ether oxygens (including phenoxy) is 2. The molecule has 1 amide bonds. The van der Waals surface area contributed by atoms with Gasteiger partial charge < -0.3 is 19.8 Å². The van der Waals surface area contributed by atoms with Crippen molar-refractivity contribution in [3.05, 3.63) is 112 Å². The van der Waals surface area contributed by atoms with E-state index in [0.717, 1.165) is 60.9 Å². The lowest BCUT2D eigenvalue weighted by atomic mass is 9.93. The van der Waals surface area contributed by atoms with Crippen molar-refractivity contribution < 1.29 is 24.5 Å². The number of ketones is 1. The second-order valence-electron chi connectivity index (χ2n) is 10.5. The lowest BCUT2D eigenvalue weighted by molar-refractivity contribution is -0.113. The molecule has 0 atom stereocenters. The van der Waals surface area contributed by atoms with Crippen molar-refractivity contribution in [2.24, 2.45) is 0 Å². The molecule has 2 saturated heterocycles. The quantitative estimate of drug-likeness (QED) is 0.369. The van der Waals surface area contributed by atoms with Gasteiger partial charge in [0, 0.05) is 36.3 Å². The van der Waals surface area contributed by atoms with Gasteiger partial charge in [0.15, 0.2) is 5.78 Å². The Labute approximate surface area is 254 Å². The van der Waals surface area contributed by atoms with Gasteiger partial charge in [-0.05, 0) is 61.4 Å². The van der Waals surface area contributed by atoms with Crippen molar-refractivity contribution in [3.63, 3.8) is 0 Å². The third-order valence-electron chi connectivity index (χ3n) is 7.31. The summed E-state index contributed by atoms with van der Waals surface area (Å²) in [6, 6.07) is 23.4. The van der Waals surface area contributed by atoms with Gasteiger partial charge in [-0.2, -0.15) is 0 Å². The van der Waals surface area contributed by atoms with Crippen molar-refractivity contribution in [2.45, 2.75) is 13.8 Å². The molecule has 2 N–H and O–H groups in total. The van der Waals surface area contributed by atoms with Crippen LogP contribution in [-0.4, -0.2) is 79.5 Å². The fourth-order valence-electron chi connectivity index (χ4n) is 4.90. The Balaban J connectivity index is 0.00000242. The van der Waals surface area contributed by atoms with Crippen LogP contribution < -0.4 is 4.74 Å². The standard InChI is InChI=1S/C34H36N2O4.ClH.H2O/c1-25-3-7-27(8-4-25)21-30-23-36(24-31(33(30)37)22-28-9-5-26(2)6-10-28)34(38)29-11-13-32(14-12-29)40-20-17-35-15-18-39-19-16-35;;/h3-14,21-22H,15-20,23-24H2,1-2H3;1H;1H2/b30-21-,31-22+;;. The smallest absolute Gasteiger partial charge is 0.254 e. The maximum Gasteiger partial charge on any atom is 0.254 e. The van der Waals surface area contributed by atoms with E-state index < -0.39 is 0 Å². The maximum atomic E-state index is 13.6. The largest absolute Gasteiger partial charge is 0.492 e. The first-order valence-corrected chi connectivity index (χ1v) is 13.9. The molecule has 8 heteroatoms. The normalized spacial score (nSPS) is 17.5. The SMILES string of the molecule is Cc1ccc(/C=C2/CN(C(=O)c3ccc(OCCN4CCOCC4)cc3)C/C(=C\c3ccc(C)cc3)C2=O)cc1.Cl.O. The van der Waals surface area contributed by atoms with E-state index >= 15 is 0 Å². The number of carbonyl (C=O) groups excluding carboxylic acids is 2. The van der Waals surface area contributed by atoms with E-state index in [4.69, 9.17) is 9.47 Å². The van der Waals surface area contributed by atoms with Crippen LogP contribution in [0, 0.1) is 13.8 Å². The van der Waals surface area contributed by atoms with E-state index in [-0.39, 0.29) is 42.7 Å². The zero-order valence-electron chi connectivity index (χ0n) is 24.2. The number of halogens is 1. The Morgan fingerprint density at radius 1 is 0.810 bits per heavy atom. The zero-order chi connectivity index (χ0) is 27.9. The molecule has 2 aliphatic heterocycles. The number of hydrogen-bond donors (Lipinski definition) is 0. The minimum absolute atomic E-state index is 0. The van der Waals surface area contributed by atoms with Crippen LogP contribution >= 0.6 is 12.4 Å². The molecular weight excluding hydrogens is 552 g/mol. The van der Waals surface area contributed by atoms with Crippen LogP contribution in [0.5, 0.6) is 5.75 Å². The molecule has 42 heavy (non-hydrogen) atoms. The summed E-state index contributed by atoms with van der Waals surface area (Å²) in [4.78, 5) is 31.2. The van der Waals surface area contributed by atoms with E-state index in [0.29, 0.717) is 23.3 Å². The Morgan fingerprint density at radius 3 is 1.81 bits per heavy atom. The van der Waals surface area contributed by atoms with Crippen LogP contribution in [0.15, 0.2) is 83.9 Å². The molecule has 0 spiro atoms. The van der Waals surface area contributed by atoms with E-state index in [1.54, 1.807) is 17.0 Å². The minimum atomic E-state index is -0.114. The van der Waals surface area contributed by atoms with Crippen molar-refractivity contribution in [2.75, 3.05) is 52.5 Å². The van der Waals surface area contributed by atoms with Crippen LogP contribution in [0.4, 0.5) is 0 Å². The number of hydrogen-bond acceptors (Lipinski definition) is 5. The number of nitrogens with zero attached hydrogens (tertiary/aromatic N) is 2. The van der Waals surface area contributed by atoms with Crippen molar-refractivity contribution >= 4 is 36.2 Å². The Hall–Kier alpha value is -3.75. The summed E-state index contributed by atoms with van der Waals surface area (Å²) in [5.74, 6) is 0.602. The molecule has 222 valence electrons. The third-order valence-corrected chi connectivity index (χ3v) is 7.31. The summed E-state index contributed by atoms with van der Waals surface area (Å²) in [5.41, 5.74) is 5.96. The summed E-state index contributed by atoms with van der Waals surface area (Å²) in [7, 11) is 0. The molecule has 2 heterocycles. The molecule has 0 saturated carbocycles.